The molecule has 1 heterocycles. The van der Waals surface area contributed by atoms with Crippen molar-refractivity contribution in [2.24, 2.45) is 5.10 Å². The molecule has 0 fully saturated rings. The van der Waals surface area contributed by atoms with Crippen LogP contribution in [-0.4, -0.2) is 45.9 Å². The molecule has 3 aromatic carbocycles. The average molecular weight is 603 g/mol. The van der Waals surface area contributed by atoms with Gasteiger partial charge in [0.1, 0.15) is 6.54 Å². The predicted octanol–water partition coefficient (Wildman–Crippen LogP) is 5.69. The molecule has 4 rings (SSSR count). The van der Waals surface area contributed by atoms with Gasteiger partial charge in [-0.05, 0) is 106 Å². The Hall–Kier alpha value is -4.57. The number of carbonyl (C=O) groups is 1. The number of methoxy groups -OCH3 is 2. The normalized spacial score (nSPS) is 11.5. The van der Waals surface area contributed by atoms with Crippen molar-refractivity contribution in [2.75, 3.05) is 25.1 Å². The Morgan fingerprint density at radius 3 is 2.16 bits per heavy atom. The lowest BCUT2D eigenvalue weighted by Crippen LogP contribution is -2.39. The van der Waals surface area contributed by atoms with Crippen LogP contribution >= 0.6 is 0 Å². The number of ether oxygens (including phenoxy) is 2. The molecule has 4 aromatic rings. The van der Waals surface area contributed by atoms with Crippen LogP contribution in [0.25, 0.3) is 5.69 Å². The SMILES string of the molecule is COc1ccc(S(=O)(=O)N(CC(=O)N/N=C\c2cc(C)n(-c3ccc(C)c(C)c3)c2C)c2cc(C)cc(C)c2)cc1OC. The van der Waals surface area contributed by atoms with Crippen molar-refractivity contribution in [3.05, 3.63) is 99.9 Å². The number of aryl methyl sites for hydroxylation is 5. The Balaban J connectivity index is 1.61. The summed E-state index contributed by atoms with van der Waals surface area (Å²) >= 11 is 0. The van der Waals surface area contributed by atoms with Crippen LogP contribution in [0.2, 0.25) is 0 Å². The first kappa shape index (κ1) is 31.4. The van der Waals surface area contributed by atoms with Crippen molar-refractivity contribution >= 4 is 27.8 Å². The van der Waals surface area contributed by atoms with Gasteiger partial charge < -0.3 is 14.0 Å². The smallest absolute Gasteiger partial charge is 0.264 e. The third-order valence-corrected chi connectivity index (χ3v) is 9.11. The lowest BCUT2D eigenvalue weighted by Gasteiger charge is -2.25. The number of benzene rings is 3. The molecule has 1 amide bonds. The largest absolute Gasteiger partial charge is 0.493 e. The first-order valence-corrected chi connectivity index (χ1v) is 15.2. The number of rotatable bonds is 10. The summed E-state index contributed by atoms with van der Waals surface area (Å²) in [6.45, 7) is 11.4. The van der Waals surface area contributed by atoms with E-state index < -0.39 is 22.5 Å². The minimum Gasteiger partial charge on any atom is -0.493 e. The Morgan fingerprint density at radius 2 is 1.53 bits per heavy atom. The minimum atomic E-state index is -4.18. The molecule has 43 heavy (non-hydrogen) atoms. The summed E-state index contributed by atoms with van der Waals surface area (Å²) in [5.41, 5.74) is 10.9. The number of aromatic nitrogens is 1. The van der Waals surface area contributed by atoms with Gasteiger partial charge in [0.15, 0.2) is 11.5 Å². The number of sulfonamides is 1. The Morgan fingerprint density at radius 1 is 0.860 bits per heavy atom. The molecule has 0 aliphatic carbocycles. The number of hydrazone groups is 1. The molecule has 0 saturated heterocycles. The van der Waals surface area contributed by atoms with Crippen molar-refractivity contribution in [1.82, 2.24) is 9.99 Å². The van der Waals surface area contributed by atoms with Crippen molar-refractivity contribution in [3.8, 4) is 17.2 Å². The van der Waals surface area contributed by atoms with Crippen molar-refractivity contribution < 1.29 is 22.7 Å². The van der Waals surface area contributed by atoms with Crippen LogP contribution < -0.4 is 19.2 Å². The maximum Gasteiger partial charge on any atom is 0.264 e. The molecule has 226 valence electrons. The second-order valence-corrected chi connectivity index (χ2v) is 12.5. The zero-order chi connectivity index (χ0) is 31.5. The predicted molar refractivity (Wildman–Crippen MR) is 170 cm³/mol. The Labute approximate surface area is 253 Å². The molecule has 0 aliphatic heterocycles. The molecule has 0 radical (unpaired) electrons. The van der Waals surface area contributed by atoms with Gasteiger partial charge in [-0.2, -0.15) is 5.10 Å². The minimum absolute atomic E-state index is 0.0422. The molecule has 0 unspecified atom stereocenters. The van der Waals surface area contributed by atoms with Crippen LogP contribution in [0.5, 0.6) is 11.5 Å². The summed E-state index contributed by atoms with van der Waals surface area (Å²) in [7, 11) is -1.28. The molecular formula is C33H38N4O5S. The van der Waals surface area contributed by atoms with Crippen LogP contribution in [0.1, 0.15) is 39.2 Å². The van der Waals surface area contributed by atoms with E-state index in [0.717, 1.165) is 38.1 Å². The fraction of sp³-hybridized carbons (Fsp3) is 0.273. The van der Waals surface area contributed by atoms with E-state index in [9.17, 15) is 13.2 Å². The van der Waals surface area contributed by atoms with Gasteiger partial charge in [-0.3, -0.25) is 9.10 Å². The molecular weight excluding hydrogens is 564 g/mol. The van der Waals surface area contributed by atoms with E-state index in [1.807, 2.05) is 39.8 Å². The highest BCUT2D eigenvalue weighted by Crippen LogP contribution is 2.32. The molecule has 0 atom stereocenters. The highest BCUT2D eigenvalue weighted by molar-refractivity contribution is 7.92. The summed E-state index contributed by atoms with van der Waals surface area (Å²) in [5, 5.41) is 4.17. The second kappa shape index (κ2) is 12.7. The molecule has 1 N–H and O–H groups in total. The molecule has 1 aromatic heterocycles. The van der Waals surface area contributed by atoms with Crippen LogP contribution in [-0.2, 0) is 14.8 Å². The van der Waals surface area contributed by atoms with Crippen LogP contribution in [0.15, 0.2) is 70.7 Å². The maximum atomic E-state index is 13.9. The monoisotopic (exact) mass is 602 g/mol. The van der Waals surface area contributed by atoms with E-state index in [1.54, 1.807) is 18.3 Å². The van der Waals surface area contributed by atoms with Crippen molar-refractivity contribution in [2.45, 2.75) is 46.4 Å². The first-order chi connectivity index (χ1) is 20.3. The van der Waals surface area contributed by atoms with E-state index in [4.69, 9.17) is 9.47 Å². The van der Waals surface area contributed by atoms with Gasteiger partial charge in [0, 0.05) is 28.7 Å². The van der Waals surface area contributed by atoms with Gasteiger partial charge in [-0.25, -0.2) is 13.8 Å². The fourth-order valence-electron chi connectivity index (χ4n) is 5.03. The van der Waals surface area contributed by atoms with Gasteiger partial charge in [-0.15, -0.1) is 0 Å². The number of amides is 1. The number of hydrogen-bond donors (Lipinski definition) is 1. The summed E-state index contributed by atoms with van der Waals surface area (Å²) in [6.07, 6.45) is 1.57. The standard InChI is InChI=1S/C33H38N4O5S/c1-21-13-22(2)15-29(14-21)36(43(39,40)30-11-12-31(41-7)32(18-30)42-8)20-33(38)35-34-19-27-17-25(5)37(26(27)6)28-10-9-23(3)24(4)16-28/h9-19H,20H2,1-8H3,(H,35,38)/b34-19-. The molecule has 0 aliphatic rings. The second-order valence-electron chi connectivity index (χ2n) is 10.6. The van der Waals surface area contributed by atoms with Gasteiger partial charge in [0.2, 0.25) is 0 Å². The van der Waals surface area contributed by atoms with E-state index in [1.165, 1.54) is 43.5 Å². The molecule has 0 saturated carbocycles. The summed E-state index contributed by atoms with van der Waals surface area (Å²) in [5.74, 6) is 0.0576. The third kappa shape index (κ3) is 6.75. The molecule has 10 heteroatoms. The molecule has 0 spiro atoms. The van der Waals surface area contributed by atoms with E-state index in [0.29, 0.717) is 11.4 Å². The first-order valence-electron chi connectivity index (χ1n) is 13.8. The maximum absolute atomic E-state index is 13.9. The van der Waals surface area contributed by atoms with Gasteiger partial charge in [0.25, 0.3) is 15.9 Å². The lowest BCUT2D eigenvalue weighted by atomic mass is 10.1. The molecule has 0 bridgehead atoms. The number of anilines is 1. The van der Waals surface area contributed by atoms with Crippen molar-refractivity contribution in [1.29, 1.82) is 0 Å². The summed E-state index contributed by atoms with van der Waals surface area (Å²) in [6, 6.07) is 18.0. The average Bonchev–Trinajstić information content (AvgIpc) is 3.24. The van der Waals surface area contributed by atoms with Crippen LogP contribution in [0.3, 0.4) is 0 Å². The number of nitrogens with zero attached hydrogens (tertiary/aromatic N) is 3. The van der Waals surface area contributed by atoms with E-state index >= 15 is 0 Å². The van der Waals surface area contributed by atoms with Gasteiger partial charge in [-0.1, -0.05) is 12.1 Å². The molecule has 9 nitrogen and oxygen atoms in total. The summed E-state index contributed by atoms with van der Waals surface area (Å²) in [4.78, 5) is 13.1. The quantitative estimate of drug-likeness (QED) is 0.186. The van der Waals surface area contributed by atoms with E-state index in [2.05, 4.69) is 47.1 Å². The fourth-order valence-corrected chi connectivity index (χ4v) is 6.45. The number of carbonyl (C=O) groups excluding carboxylic acids is 1. The Kier molecular flexibility index (Phi) is 9.30. The zero-order valence-electron chi connectivity index (χ0n) is 25.8. The number of nitrogens with one attached hydrogen (secondary N) is 1. The third-order valence-electron chi connectivity index (χ3n) is 7.34. The highest BCUT2D eigenvalue weighted by Gasteiger charge is 2.29. The Bertz CT molecular complexity index is 1790. The van der Waals surface area contributed by atoms with Gasteiger partial charge in [0.05, 0.1) is 31.0 Å². The van der Waals surface area contributed by atoms with Crippen molar-refractivity contribution in [3.63, 3.8) is 0 Å². The zero-order valence-corrected chi connectivity index (χ0v) is 26.7. The highest BCUT2D eigenvalue weighted by atomic mass is 32.2. The van der Waals surface area contributed by atoms with E-state index in [-0.39, 0.29) is 10.6 Å². The topological polar surface area (TPSA) is 102 Å². The van der Waals surface area contributed by atoms with Crippen LogP contribution in [0.4, 0.5) is 5.69 Å². The van der Waals surface area contributed by atoms with Gasteiger partial charge >= 0.3 is 0 Å². The number of hydrogen-bond acceptors (Lipinski definition) is 6. The summed E-state index contributed by atoms with van der Waals surface area (Å²) < 4.78 is 41.6. The van der Waals surface area contributed by atoms with Crippen LogP contribution in [0, 0.1) is 41.5 Å². The lowest BCUT2D eigenvalue weighted by molar-refractivity contribution is -0.119.